The van der Waals surface area contributed by atoms with Crippen LogP contribution in [0.2, 0.25) is 0 Å². The first-order chi connectivity index (χ1) is 16.5. The normalized spacial score (nSPS) is 19.1. The predicted octanol–water partition coefficient (Wildman–Crippen LogP) is 3.96. The van der Waals surface area contributed by atoms with Crippen LogP contribution in [0.25, 0.3) is 0 Å². The van der Waals surface area contributed by atoms with Gasteiger partial charge in [-0.25, -0.2) is 5.01 Å². The SMILES string of the molecule is CCOC(=O)C1CCN(CC(=O)N2N=C(c3ccc(OC)cc3)CC2c2ccccc2C)CC1. The summed E-state index contributed by atoms with van der Waals surface area (Å²) in [6.45, 7) is 6.00. The highest BCUT2D eigenvalue weighted by Crippen LogP contribution is 2.35. The maximum atomic E-state index is 13.5. The lowest BCUT2D eigenvalue weighted by molar-refractivity contribution is -0.149. The van der Waals surface area contributed by atoms with E-state index in [2.05, 4.69) is 24.0 Å². The van der Waals surface area contributed by atoms with Crippen molar-refractivity contribution in [2.24, 2.45) is 11.0 Å². The van der Waals surface area contributed by atoms with Crippen molar-refractivity contribution in [2.45, 2.75) is 39.2 Å². The lowest BCUT2D eigenvalue weighted by atomic mass is 9.95. The molecule has 2 aliphatic rings. The third-order valence-corrected chi connectivity index (χ3v) is 6.70. The van der Waals surface area contributed by atoms with E-state index < -0.39 is 0 Å². The maximum absolute atomic E-state index is 13.5. The van der Waals surface area contributed by atoms with Gasteiger partial charge >= 0.3 is 5.97 Å². The lowest BCUT2D eigenvalue weighted by Crippen LogP contribution is -2.43. The number of likely N-dealkylation sites (tertiary alicyclic amines) is 1. The van der Waals surface area contributed by atoms with Gasteiger partial charge in [-0.15, -0.1) is 0 Å². The van der Waals surface area contributed by atoms with E-state index >= 15 is 0 Å². The number of hydrogen-bond acceptors (Lipinski definition) is 6. The number of ether oxygens (including phenoxy) is 2. The topological polar surface area (TPSA) is 71.4 Å². The Labute approximate surface area is 201 Å². The number of carbonyl (C=O) groups is 2. The zero-order valence-electron chi connectivity index (χ0n) is 20.2. The maximum Gasteiger partial charge on any atom is 0.309 e. The van der Waals surface area contributed by atoms with Crippen LogP contribution in [0, 0.1) is 12.8 Å². The molecule has 0 spiro atoms. The van der Waals surface area contributed by atoms with Gasteiger partial charge in [-0.05, 0) is 80.7 Å². The first-order valence-corrected chi connectivity index (χ1v) is 12.0. The fourth-order valence-corrected chi connectivity index (χ4v) is 4.75. The van der Waals surface area contributed by atoms with E-state index in [-0.39, 0.29) is 30.4 Å². The molecular formula is C27H33N3O4. The number of hydrazone groups is 1. The Balaban J connectivity index is 1.50. The van der Waals surface area contributed by atoms with Gasteiger partial charge in [-0.2, -0.15) is 5.10 Å². The Bertz CT molecular complexity index is 1040. The van der Waals surface area contributed by atoms with Crippen LogP contribution in [0.1, 0.15) is 48.9 Å². The summed E-state index contributed by atoms with van der Waals surface area (Å²) in [6, 6.07) is 15.8. The van der Waals surface area contributed by atoms with Crippen LogP contribution in [-0.4, -0.2) is 60.8 Å². The number of hydrogen-bond donors (Lipinski definition) is 0. The van der Waals surface area contributed by atoms with Crippen molar-refractivity contribution >= 4 is 17.6 Å². The van der Waals surface area contributed by atoms with Crippen LogP contribution in [0.4, 0.5) is 0 Å². The van der Waals surface area contributed by atoms with Crippen molar-refractivity contribution in [3.8, 4) is 5.75 Å². The molecule has 0 saturated carbocycles. The molecule has 0 aromatic heterocycles. The third kappa shape index (κ3) is 5.30. The van der Waals surface area contributed by atoms with Crippen molar-refractivity contribution in [1.29, 1.82) is 0 Å². The second-order valence-electron chi connectivity index (χ2n) is 8.89. The molecule has 2 aromatic rings. The largest absolute Gasteiger partial charge is 0.497 e. The molecule has 1 unspecified atom stereocenters. The van der Waals surface area contributed by atoms with Gasteiger partial charge in [-0.3, -0.25) is 14.5 Å². The number of esters is 1. The average molecular weight is 464 g/mol. The second-order valence-corrected chi connectivity index (χ2v) is 8.89. The smallest absolute Gasteiger partial charge is 0.309 e. The molecule has 7 nitrogen and oxygen atoms in total. The van der Waals surface area contributed by atoms with Gasteiger partial charge in [0.2, 0.25) is 0 Å². The molecular weight excluding hydrogens is 430 g/mol. The molecule has 2 heterocycles. The summed E-state index contributed by atoms with van der Waals surface area (Å²) in [4.78, 5) is 27.6. The highest BCUT2D eigenvalue weighted by Gasteiger charge is 2.35. The van der Waals surface area contributed by atoms with E-state index in [1.807, 2.05) is 43.3 Å². The van der Waals surface area contributed by atoms with Gasteiger partial charge in [0, 0.05) is 6.42 Å². The van der Waals surface area contributed by atoms with Crippen LogP contribution >= 0.6 is 0 Å². The number of piperidine rings is 1. The van der Waals surface area contributed by atoms with Crippen LogP contribution < -0.4 is 4.74 Å². The van der Waals surface area contributed by atoms with Crippen molar-refractivity contribution in [1.82, 2.24) is 9.91 Å². The van der Waals surface area contributed by atoms with Crippen molar-refractivity contribution in [3.63, 3.8) is 0 Å². The van der Waals surface area contributed by atoms with Crippen LogP contribution in [0.3, 0.4) is 0 Å². The molecule has 1 saturated heterocycles. The first-order valence-electron chi connectivity index (χ1n) is 12.0. The third-order valence-electron chi connectivity index (χ3n) is 6.70. The molecule has 4 rings (SSSR count). The molecule has 0 aliphatic carbocycles. The molecule has 0 bridgehead atoms. The van der Waals surface area contributed by atoms with E-state index in [9.17, 15) is 9.59 Å². The second kappa shape index (κ2) is 10.8. The molecule has 0 radical (unpaired) electrons. The highest BCUT2D eigenvalue weighted by atomic mass is 16.5. The Hall–Kier alpha value is -3.19. The Morgan fingerprint density at radius 3 is 2.41 bits per heavy atom. The van der Waals surface area contributed by atoms with E-state index in [4.69, 9.17) is 14.6 Å². The summed E-state index contributed by atoms with van der Waals surface area (Å²) >= 11 is 0. The quantitative estimate of drug-likeness (QED) is 0.582. The molecule has 2 aliphatic heterocycles. The summed E-state index contributed by atoms with van der Waals surface area (Å²) in [5.74, 6) is 0.571. The number of amides is 1. The van der Waals surface area contributed by atoms with Crippen molar-refractivity contribution in [2.75, 3.05) is 33.4 Å². The van der Waals surface area contributed by atoms with E-state index in [0.717, 1.165) is 28.2 Å². The summed E-state index contributed by atoms with van der Waals surface area (Å²) < 4.78 is 10.4. The van der Waals surface area contributed by atoms with Gasteiger partial charge in [0.1, 0.15) is 5.75 Å². The standard InChI is InChI=1S/C27H33N3O4/c1-4-34-27(32)21-13-15-29(16-14-21)18-26(31)30-25(23-8-6-5-7-19(23)2)17-24(28-30)20-9-11-22(33-3)12-10-20/h5-12,21,25H,4,13-18H2,1-3H3. The zero-order chi connectivity index (χ0) is 24.1. The van der Waals surface area contributed by atoms with Crippen LogP contribution in [0.5, 0.6) is 5.75 Å². The predicted molar refractivity (Wildman–Crippen MR) is 131 cm³/mol. The summed E-state index contributed by atoms with van der Waals surface area (Å²) in [5.41, 5.74) is 4.14. The highest BCUT2D eigenvalue weighted by molar-refractivity contribution is 6.03. The molecule has 1 atom stereocenters. The first kappa shape index (κ1) is 24.0. The van der Waals surface area contributed by atoms with E-state index in [0.29, 0.717) is 39.0 Å². The van der Waals surface area contributed by atoms with Gasteiger partial charge < -0.3 is 9.47 Å². The van der Waals surface area contributed by atoms with Gasteiger partial charge in [0.25, 0.3) is 5.91 Å². The molecule has 7 heteroatoms. The molecule has 180 valence electrons. The summed E-state index contributed by atoms with van der Waals surface area (Å²) in [6.07, 6.45) is 2.09. The number of carbonyl (C=O) groups excluding carboxylic acids is 2. The number of benzene rings is 2. The van der Waals surface area contributed by atoms with E-state index in [1.165, 1.54) is 0 Å². The number of methoxy groups -OCH3 is 1. The fourth-order valence-electron chi connectivity index (χ4n) is 4.75. The Morgan fingerprint density at radius 1 is 1.06 bits per heavy atom. The minimum atomic E-state index is -0.136. The number of rotatable bonds is 7. The summed E-state index contributed by atoms with van der Waals surface area (Å²) in [7, 11) is 1.65. The Kier molecular flexibility index (Phi) is 7.63. The van der Waals surface area contributed by atoms with Crippen molar-refractivity contribution in [3.05, 3.63) is 65.2 Å². The minimum absolute atomic E-state index is 0.0219. The Morgan fingerprint density at radius 2 is 1.76 bits per heavy atom. The van der Waals surface area contributed by atoms with Crippen LogP contribution in [-0.2, 0) is 14.3 Å². The molecule has 2 aromatic carbocycles. The minimum Gasteiger partial charge on any atom is -0.497 e. The zero-order valence-corrected chi connectivity index (χ0v) is 20.2. The number of aryl methyl sites for hydroxylation is 1. The monoisotopic (exact) mass is 463 g/mol. The van der Waals surface area contributed by atoms with Crippen LogP contribution in [0.15, 0.2) is 53.6 Å². The molecule has 0 N–H and O–H groups in total. The molecule has 34 heavy (non-hydrogen) atoms. The lowest BCUT2D eigenvalue weighted by Gasteiger charge is -2.32. The van der Waals surface area contributed by atoms with Gasteiger partial charge in [0.05, 0.1) is 37.9 Å². The molecule has 1 fully saturated rings. The van der Waals surface area contributed by atoms with E-state index in [1.54, 1.807) is 12.1 Å². The van der Waals surface area contributed by atoms with Gasteiger partial charge in [-0.1, -0.05) is 24.3 Å². The summed E-state index contributed by atoms with van der Waals surface area (Å²) in [5, 5.41) is 6.47. The molecule has 1 amide bonds. The van der Waals surface area contributed by atoms with Crippen molar-refractivity contribution < 1.29 is 19.1 Å². The number of nitrogens with zero attached hydrogens (tertiary/aromatic N) is 3. The average Bonchev–Trinajstić information content (AvgIpc) is 3.30. The van der Waals surface area contributed by atoms with Gasteiger partial charge in [0.15, 0.2) is 0 Å². The fraction of sp³-hybridized carbons (Fsp3) is 0.444.